The first-order valence-electron chi connectivity index (χ1n) is 8.51. The molecule has 0 heterocycles. The standard InChI is InChI=1S/C17H29NO3/c1-3-12-8-14(15(9-12)17(20)21)16(19)18-10-13-6-4-5-11(2)7-13/h11-15H,3-10H2,1-2H3,(H,18,19)(H,20,21). The lowest BCUT2D eigenvalue weighted by Crippen LogP contribution is -2.38. The number of hydrogen-bond acceptors (Lipinski definition) is 2. The number of carbonyl (C=O) groups excluding carboxylic acids is 1. The van der Waals surface area contributed by atoms with Crippen molar-refractivity contribution >= 4 is 11.9 Å². The fourth-order valence-corrected chi connectivity index (χ4v) is 4.16. The number of carbonyl (C=O) groups is 2. The molecule has 2 aliphatic carbocycles. The quantitative estimate of drug-likeness (QED) is 0.819. The maximum Gasteiger partial charge on any atom is 0.307 e. The van der Waals surface area contributed by atoms with E-state index in [1.165, 1.54) is 25.7 Å². The third-order valence-electron chi connectivity index (χ3n) is 5.50. The topological polar surface area (TPSA) is 66.4 Å². The smallest absolute Gasteiger partial charge is 0.307 e. The summed E-state index contributed by atoms with van der Waals surface area (Å²) in [5, 5.41) is 12.4. The largest absolute Gasteiger partial charge is 0.481 e. The van der Waals surface area contributed by atoms with Gasteiger partial charge in [0, 0.05) is 6.54 Å². The Balaban J connectivity index is 1.85. The minimum Gasteiger partial charge on any atom is -0.481 e. The van der Waals surface area contributed by atoms with Gasteiger partial charge >= 0.3 is 5.97 Å². The Morgan fingerprint density at radius 2 is 1.81 bits per heavy atom. The zero-order valence-corrected chi connectivity index (χ0v) is 13.3. The second-order valence-electron chi connectivity index (χ2n) is 7.18. The molecule has 5 unspecified atom stereocenters. The number of aliphatic carboxylic acids is 1. The monoisotopic (exact) mass is 295 g/mol. The average molecular weight is 295 g/mol. The number of hydrogen-bond donors (Lipinski definition) is 2. The molecule has 0 saturated heterocycles. The molecular formula is C17H29NO3. The molecule has 0 aromatic carbocycles. The van der Waals surface area contributed by atoms with E-state index in [-0.39, 0.29) is 11.8 Å². The van der Waals surface area contributed by atoms with Gasteiger partial charge in [-0.3, -0.25) is 9.59 Å². The van der Waals surface area contributed by atoms with Gasteiger partial charge in [0.1, 0.15) is 0 Å². The molecule has 4 nitrogen and oxygen atoms in total. The zero-order valence-electron chi connectivity index (χ0n) is 13.3. The van der Waals surface area contributed by atoms with Crippen LogP contribution in [0, 0.1) is 29.6 Å². The van der Waals surface area contributed by atoms with Gasteiger partial charge in [0.05, 0.1) is 11.8 Å². The van der Waals surface area contributed by atoms with Crippen LogP contribution >= 0.6 is 0 Å². The van der Waals surface area contributed by atoms with Gasteiger partial charge in [-0.05, 0) is 43.4 Å². The molecule has 1 amide bonds. The molecule has 21 heavy (non-hydrogen) atoms. The van der Waals surface area contributed by atoms with Crippen LogP contribution in [0.5, 0.6) is 0 Å². The van der Waals surface area contributed by atoms with E-state index in [0.717, 1.165) is 25.3 Å². The van der Waals surface area contributed by atoms with Crippen molar-refractivity contribution in [2.45, 2.75) is 58.8 Å². The highest BCUT2D eigenvalue weighted by atomic mass is 16.4. The molecule has 0 aromatic rings. The van der Waals surface area contributed by atoms with Gasteiger partial charge in [-0.2, -0.15) is 0 Å². The van der Waals surface area contributed by atoms with Crippen LogP contribution < -0.4 is 5.32 Å². The second-order valence-corrected chi connectivity index (χ2v) is 7.18. The Morgan fingerprint density at radius 1 is 1.10 bits per heavy atom. The molecule has 0 aliphatic heterocycles. The Bertz CT molecular complexity index is 382. The Morgan fingerprint density at radius 3 is 2.43 bits per heavy atom. The third-order valence-corrected chi connectivity index (χ3v) is 5.50. The van der Waals surface area contributed by atoms with Crippen LogP contribution in [-0.4, -0.2) is 23.5 Å². The first-order valence-corrected chi connectivity index (χ1v) is 8.51. The summed E-state index contributed by atoms with van der Waals surface area (Å²) < 4.78 is 0. The molecular weight excluding hydrogens is 266 g/mol. The SMILES string of the molecule is CCC1CC(C(=O)O)C(C(=O)NCC2CCCC(C)C2)C1. The van der Waals surface area contributed by atoms with Gasteiger partial charge in [0.15, 0.2) is 0 Å². The van der Waals surface area contributed by atoms with Crippen molar-refractivity contribution in [1.82, 2.24) is 5.32 Å². The first kappa shape index (κ1) is 16.3. The van der Waals surface area contributed by atoms with Crippen LogP contribution in [0.3, 0.4) is 0 Å². The molecule has 2 saturated carbocycles. The highest BCUT2D eigenvalue weighted by molar-refractivity contribution is 5.85. The number of nitrogens with one attached hydrogen (secondary N) is 1. The number of carboxylic acid groups (broad SMARTS) is 1. The van der Waals surface area contributed by atoms with E-state index in [0.29, 0.717) is 18.3 Å². The lowest BCUT2D eigenvalue weighted by atomic mass is 9.82. The van der Waals surface area contributed by atoms with Crippen LogP contribution in [-0.2, 0) is 9.59 Å². The summed E-state index contributed by atoms with van der Waals surface area (Å²) in [4.78, 5) is 23.7. The summed E-state index contributed by atoms with van der Waals surface area (Å²) in [5.41, 5.74) is 0. The molecule has 120 valence electrons. The molecule has 0 spiro atoms. The van der Waals surface area contributed by atoms with E-state index in [9.17, 15) is 14.7 Å². The lowest BCUT2D eigenvalue weighted by molar-refractivity contribution is -0.146. The predicted molar refractivity (Wildman–Crippen MR) is 81.8 cm³/mol. The maximum atomic E-state index is 12.4. The van der Waals surface area contributed by atoms with Crippen molar-refractivity contribution < 1.29 is 14.7 Å². The van der Waals surface area contributed by atoms with Crippen molar-refractivity contribution in [2.75, 3.05) is 6.54 Å². The number of rotatable bonds is 5. The molecule has 0 aromatic heterocycles. The molecule has 2 rings (SSSR count). The minimum absolute atomic E-state index is 0.0309. The summed E-state index contributed by atoms with van der Waals surface area (Å²) >= 11 is 0. The molecule has 2 aliphatic rings. The van der Waals surface area contributed by atoms with Crippen LogP contribution in [0.2, 0.25) is 0 Å². The van der Waals surface area contributed by atoms with Crippen LogP contribution in [0.25, 0.3) is 0 Å². The molecule has 0 bridgehead atoms. The van der Waals surface area contributed by atoms with Gasteiger partial charge in [0.2, 0.25) is 5.91 Å². The summed E-state index contributed by atoms with van der Waals surface area (Å²) in [6.07, 6.45) is 7.28. The summed E-state index contributed by atoms with van der Waals surface area (Å²) in [5.74, 6) is 0.0620. The minimum atomic E-state index is -0.808. The number of carboxylic acids is 1. The van der Waals surface area contributed by atoms with Gasteiger partial charge in [0.25, 0.3) is 0 Å². The van der Waals surface area contributed by atoms with Gasteiger partial charge < -0.3 is 10.4 Å². The maximum absolute atomic E-state index is 12.4. The first-order chi connectivity index (χ1) is 10.0. The van der Waals surface area contributed by atoms with E-state index in [2.05, 4.69) is 19.2 Å². The van der Waals surface area contributed by atoms with Crippen LogP contribution in [0.1, 0.15) is 58.8 Å². The van der Waals surface area contributed by atoms with Crippen molar-refractivity contribution in [3.8, 4) is 0 Å². The Hall–Kier alpha value is -1.06. The van der Waals surface area contributed by atoms with Crippen LogP contribution in [0.4, 0.5) is 0 Å². The summed E-state index contributed by atoms with van der Waals surface area (Å²) in [6.45, 7) is 5.08. The molecule has 4 heteroatoms. The van der Waals surface area contributed by atoms with E-state index in [4.69, 9.17) is 0 Å². The van der Waals surface area contributed by atoms with Crippen LogP contribution in [0.15, 0.2) is 0 Å². The molecule has 2 N–H and O–H groups in total. The van der Waals surface area contributed by atoms with E-state index in [1.807, 2.05) is 0 Å². The van der Waals surface area contributed by atoms with Crippen molar-refractivity contribution in [1.29, 1.82) is 0 Å². The van der Waals surface area contributed by atoms with E-state index in [1.54, 1.807) is 0 Å². The van der Waals surface area contributed by atoms with E-state index < -0.39 is 11.9 Å². The van der Waals surface area contributed by atoms with Crippen molar-refractivity contribution in [3.63, 3.8) is 0 Å². The van der Waals surface area contributed by atoms with Crippen molar-refractivity contribution in [2.24, 2.45) is 29.6 Å². The number of amides is 1. The predicted octanol–water partition coefficient (Wildman–Crippen LogP) is 3.07. The highest BCUT2D eigenvalue weighted by Gasteiger charge is 2.42. The van der Waals surface area contributed by atoms with Gasteiger partial charge in [-0.25, -0.2) is 0 Å². The van der Waals surface area contributed by atoms with E-state index >= 15 is 0 Å². The normalized spacial score (nSPS) is 36.4. The molecule has 0 radical (unpaired) electrons. The Labute approximate surface area is 127 Å². The average Bonchev–Trinajstić information content (AvgIpc) is 2.89. The highest BCUT2D eigenvalue weighted by Crippen LogP contribution is 2.38. The van der Waals surface area contributed by atoms with Gasteiger partial charge in [-0.1, -0.05) is 33.1 Å². The lowest BCUT2D eigenvalue weighted by Gasteiger charge is -2.27. The fourth-order valence-electron chi connectivity index (χ4n) is 4.16. The summed E-state index contributed by atoms with van der Waals surface area (Å²) in [7, 11) is 0. The Kier molecular flexibility index (Phi) is 5.65. The van der Waals surface area contributed by atoms with Crippen molar-refractivity contribution in [3.05, 3.63) is 0 Å². The molecule has 5 atom stereocenters. The fraction of sp³-hybridized carbons (Fsp3) is 0.882. The third kappa shape index (κ3) is 4.21. The molecule has 2 fully saturated rings. The second kappa shape index (κ2) is 7.28. The summed E-state index contributed by atoms with van der Waals surface area (Å²) in [6, 6.07) is 0. The van der Waals surface area contributed by atoms with Gasteiger partial charge in [-0.15, -0.1) is 0 Å². The zero-order chi connectivity index (χ0) is 15.4.